The van der Waals surface area contributed by atoms with Gasteiger partial charge in [0.1, 0.15) is 30.5 Å². The topological polar surface area (TPSA) is 179 Å². The Morgan fingerprint density at radius 1 is 0.824 bits per heavy atom. The Bertz CT molecular complexity index is 245. The number of carbonyl (C=O) groups is 1. The number of aliphatic carboxylic acids is 1. The summed E-state index contributed by atoms with van der Waals surface area (Å²) in [6, 6.07) is 0. The molecule has 0 heterocycles. The highest BCUT2D eigenvalue weighted by Gasteiger charge is 2.39. The summed E-state index contributed by atoms with van der Waals surface area (Å²) in [5.41, 5.74) is 0. The van der Waals surface area contributed by atoms with E-state index in [1.54, 1.807) is 0 Å². The third-order valence-electron chi connectivity index (χ3n) is 2.21. The number of carboxylic acids is 1. The summed E-state index contributed by atoms with van der Waals surface area (Å²) in [6.07, 6.45) is -12.8. The zero-order valence-corrected chi connectivity index (χ0v) is 8.66. The van der Waals surface area contributed by atoms with Crippen LogP contribution in [0.25, 0.3) is 0 Å². The van der Waals surface area contributed by atoms with Crippen LogP contribution >= 0.6 is 0 Å². The first-order valence-electron chi connectivity index (χ1n) is 4.66. The first kappa shape index (κ1) is 16.2. The van der Waals surface area contributed by atoms with Crippen molar-refractivity contribution in [1.29, 1.82) is 0 Å². The summed E-state index contributed by atoms with van der Waals surface area (Å²) < 4.78 is 0. The number of hydrogen-bond donors (Lipinski definition) is 8. The van der Waals surface area contributed by atoms with Gasteiger partial charge in [0, 0.05) is 0 Å². The summed E-state index contributed by atoms with van der Waals surface area (Å²) >= 11 is 0. The van der Waals surface area contributed by atoms with Gasteiger partial charge in [0.2, 0.25) is 0 Å². The highest BCUT2D eigenvalue weighted by Crippen LogP contribution is 2.11. The Hall–Kier alpha value is -0.810. The lowest BCUT2D eigenvalue weighted by molar-refractivity contribution is -0.175. The predicted octanol–water partition coefficient (Wildman–Crippen LogP) is -4.77. The van der Waals surface area contributed by atoms with E-state index in [0.29, 0.717) is 0 Å². The van der Waals surface area contributed by atoms with Crippen LogP contribution in [0.4, 0.5) is 0 Å². The van der Waals surface area contributed by atoms with Crippen molar-refractivity contribution < 1.29 is 45.6 Å². The van der Waals surface area contributed by atoms with Gasteiger partial charge in [-0.3, -0.25) is 0 Å². The number of aliphatic hydroxyl groups is 7. The van der Waals surface area contributed by atoms with Gasteiger partial charge in [0.15, 0.2) is 6.10 Å². The molecule has 0 aliphatic rings. The monoisotopic (exact) mass is 256 g/mol. The molecule has 6 atom stereocenters. The van der Waals surface area contributed by atoms with Crippen molar-refractivity contribution in [3.63, 3.8) is 0 Å². The Kier molecular flexibility index (Phi) is 6.49. The summed E-state index contributed by atoms with van der Waals surface area (Å²) in [7, 11) is 0. The SMILES string of the molecule is O=C(O)C(O)C(O)[C@H](O)[C@@H](O)[C@H](O)[C@H](O)CO. The molecule has 0 saturated carbocycles. The van der Waals surface area contributed by atoms with Crippen LogP contribution in [0.15, 0.2) is 0 Å². The molecule has 0 fully saturated rings. The van der Waals surface area contributed by atoms with Gasteiger partial charge in [-0.25, -0.2) is 4.79 Å². The van der Waals surface area contributed by atoms with Gasteiger partial charge in [-0.2, -0.15) is 0 Å². The minimum Gasteiger partial charge on any atom is -0.479 e. The van der Waals surface area contributed by atoms with Crippen LogP contribution in [0.5, 0.6) is 0 Å². The van der Waals surface area contributed by atoms with Gasteiger partial charge >= 0.3 is 5.97 Å². The van der Waals surface area contributed by atoms with Crippen molar-refractivity contribution in [3.05, 3.63) is 0 Å². The predicted molar refractivity (Wildman–Crippen MR) is 50.8 cm³/mol. The highest BCUT2D eigenvalue weighted by molar-refractivity contribution is 5.72. The van der Waals surface area contributed by atoms with Crippen LogP contribution in [0, 0.1) is 0 Å². The third-order valence-corrected chi connectivity index (χ3v) is 2.21. The van der Waals surface area contributed by atoms with Gasteiger partial charge < -0.3 is 40.9 Å². The maximum absolute atomic E-state index is 10.3. The molecular formula is C8H16O9. The lowest BCUT2D eigenvalue weighted by Crippen LogP contribution is -2.54. The van der Waals surface area contributed by atoms with Gasteiger partial charge in [0.05, 0.1) is 6.61 Å². The fourth-order valence-electron chi connectivity index (χ4n) is 1.07. The van der Waals surface area contributed by atoms with Gasteiger partial charge in [-0.05, 0) is 0 Å². The summed E-state index contributed by atoms with van der Waals surface area (Å²) in [4.78, 5) is 10.3. The second-order valence-electron chi connectivity index (χ2n) is 3.50. The minimum absolute atomic E-state index is 0.914. The van der Waals surface area contributed by atoms with Crippen LogP contribution in [-0.2, 0) is 4.79 Å². The molecule has 0 aliphatic carbocycles. The Labute approximate surface area is 95.8 Å². The van der Waals surface area contributed by atoms with E-state index in [0.717, 1.165) is 0 Å². The van der Waals surface area contributed by atoms with Crippen LogP contribution in [0.3, 0.4) is 0 Å². The quantitative estimate of drug-likeness (QED) is 0.222. The van der Waals surface area contributed by atoms with E-state index in [1.807, 2.05) is 0 Å². The molecule has 8 N–H and O–H groups in total. The van der Waals surface area contributed by atoms with Crippen molar-refractivity contribution in [3.8, 4) is 0 Å². The van der Waals surface area contributed by atoms with Crippen molar-refractivity contribution >= 4 is 5.97 Å². The van der Waals surface area contributed by atoms with Crippen molar-refractivity contribution in [1.82, 2.24) is 0 Å². The zero-order valence-electron chi connectivity index (χ0n) is 8.66. The van der Waals surface area contributed by atoms with Gasteiger partial charge in [0.25, 0.3) is 0 Å². The molecule has 0 aromatic heterocycles. The molecule has 17 heavy (non-hydrogen) atoms. The lowest BCUT2D eigenvalue weighted by atomic mass is 9.96. The average Bonchev–Trinajstić information content (AvgIpc) is 2.32. The van der Waals surface area contributed by atoms with E-state index in [1.165, 1.54) is 0 Å². The molecule has 0 aliphatic heterocycles. The Morgan fingerprint density at radius 3 is 1.59 bits per heavy atom. The van der Waals surface area contributed by atoms with E-state index >= 15 is 0 Å². The molecule has 0 aromatic rings. The first-order chi connectivity index (χ1) is 7.73. The molecule has 102 valence electrons. The maximum atomic E-state index is 10.3. The largest absolute Gasteiger partial charge is 0.479 e. The fraction of sp³-hybridized carbons (Fsp3) is 0.875. The molecule has 9 heteroatoms. The minimum atomic E-state index is -2.36. The number of hydrogen-bond acceptors (Lipinski definition) is 8. The molecule has 0 bridgehead atoms. The number of carboxylic acid groups (broad SMARTS) is 1. The summed E-state index contributed by atoms with van der Waals surface area (Å²) in [5.74, 6) is -1.83. The van der Waals surface area contributed by atoms with Gasteiger partial charge in [-0.15, -0.1) is 0 Å². The highest BCUT2D eigenvalue weighted by atomic mass is 16.4. The van der Waals surface area contributed by atoms with Crippen LogP contribution in [-0.4, -0.2) is 90.1 Å². The molecule has 0 radical (unpaired) electrons. The van der Waals surface area contributed by atoms with E-state index in [2.05, 4.69) is 0 Å². The van der Waals surface area contributed by atoms with Crippen LogP contribution < -0.4 is 0 Å². The van der Waals surface area contributed by atoms with Crippen molar-refractivity contribution in [2.75, 3.05) is 6.61 Å². The normalized spacial score (nSPS) is 22.3. The molecule has 0 aromatic carbocycles. The molecule has 0 amide bonds. The Balaban J connectivity index is 4.58. The third kappa shape index (κ3) is 4.16. The first-order valence-corrected chi connectivity index (χ1v) is 4.66. The number of aliphatic hydroxyl groups excluding tert-OH is 7. The smallest absolute Gasteiger partial charge is 0.335 e. The van der Waals surface area contributed by atoms with Gasteiger partial charge in [-0.1, -0.05) is 0 Å². The molecule has 9 nitrogen and oxygen atoms in total. The van der Waals surface area contributed by atoms with E-state index < -0.39 is 49.2 Å². The van der Waals surface area contributed by atoms with Crippen molar-refractivity contribution in [2.24, 2.45) is 0 Å². The summed E-state index contributed by atoms with van der Waals surface area (Å²) in [6.45, 7) is -0.914. The molecule has 0 rings (SSSR count). The second kappa shape index (κ2) is 6.81. The maximum Gasteiger partial charge on any atom is 0.335 e. The average molecular weight is 256 g/mol. The fourth-order valence-corrected chi connectivity index (χ4v) is 1.07. The zero-order chi connectivity index (χ0) is 13.7. The van der Waals surface area contributed by atoms with Crippen LogP contribution in [0.1, 0.15) is 0 Å². The molecule has 0 spiro atoms. The lowest BCUT2D eigenvalue weighted by Gasteiger charge is -2.29. The van der Waals surface area contributed by atoms with E-state index in [9.17, 15) is 15.0 Å². The van der Waals surface area contributed by atoms with E-state index in [4.69, 9.17) is 30.6 Å². The van der Waals surface area contributed by atoms with E-state index in [-0.39, 0.29) is 0 Å². The van der Waals surface area contributed by atoms with Crippen molar-refractivity contribution in [2.45, 2.75) is 36.6 Å². The number of rotatable bonds is 7. The molecule has 0 saturated heterocycles. The molecular weight excluding hydrogens is 240 g/mol. The van der Waals surface area contributed by atoms with Crippen LogP contribution in [0.2, 0.25) is 0 Å². The standard InChI is InChI=1S/C8H16O9/c9-1-2(10)3(11)4(12)5(13)6(14)7(15)8(16)17/h2-7,9-15H,1H2,(H,16,17)/t2-,3-,4+,5-,6?,7?/m1/s1. The molecule has 2 unspecified atom stereocenters. The second-order valence-corrected chi connectivity index (χ2v) is 3.50. The Morgan fingerprint density at radius 2 is 1.24 bits per heavy atom. The summed E-state index contributed by atoms with van der Waals surface area (Å²) in [5, 5.41) is 71.4.